The highest BCUT2D eigenvalue weighted by atomic mass is 127. The summed E-state index contributed by atoms with van der Waals surface area (Å²) in [6.45, 7) is 6.01. The van der Waals surface area contributed by atoms with Gasteiger partial charge in [0.05, 0.1) is 11.3 Å². The van der Waals surface area contributed by atoms with Crippen LogP contribution < -0.4 is 5.32 Å². The van der Waals surface area contributed by atoms with Gasteiger partial charge in [-0.1, -0.05) is 13.8 Å². The van der Waals surface area contributed by atoms with E-state index in [0.717, 1.165) is 3.57 Å². The Labute approximate surface area is 132 Å². The van der Waals surface area contributed by atoms with Gasteiger partial charge in [0, 0.05) is 16.7 Å². The highest BCUT2D eigenvalue weighted by Gasteiger charge is 2.20. The highest BCUT2D eigenvalue weighted by Crippen LogP contribution is 2.20. The van der Waals surface area contributed by atoms with E-state index in [1.807, 2.05) is 43.4 Å². The third-order valence-electron chi connectivity index (χ3n) is 3.35. The second kappa shape index (κ2) is 6.92. The molecule has 0 saturated carbocycles. The lowest BCUT2D eigenvalue weighted by molar-refractivity contribution is 0.0698. The quantitative estimate of drug-likeness (QED) is 0.774. The molecule has 2 N–H and O–H groups in total. The number of carbonyl (C=O) groups is 2. The van der Waals surface area contributed by atoms with E-state index in [1.165, 1.54) is 6.07 Å². The number of carboxylic acid groups (broad SMARTS) is 1. The summed E-state index contributed by atoms with van der Waals surface area (Å²) in [5.41, 5.74) is 0.404. The van der Waals surface area contributed by atoms with Gasteiger partial charge in [-0.2, -0.15) is 0 Å². The number of urea groups is 1. The molecule has 0 aliphatic rings. The maximum absolute atomic E-state index is 12.1. The molecule has 2 amide bonds. The van der Waals surface area contributed by atoms with Gasteiger partial charge >= 0.3 is 12.0 Å². The lowest BCUT2D eigenvalue weighted by Crippen LogP contribution is -2.41. The lowest BCUT2D eigenvalue weighted by Gasteiger charge is -2.28. The Morgan fingerprint density at radius 1 is 1.30 bits per heavy atom. The maximum Gasteiger partial charge on any atom is 0.337 e. The first kappa shape index (κ1) is 16.7. The second-order valence-electron chi connectivity index (χ2n) is 5.02. The number of nitrogens with zero attached hydrogens (tertiary/aromatic N) is 1. The minimum absolute atomic E-state index is 0.0622. The van der Waals surface area contributed by atoms with Crippen molar-refractivity contribution in [2.75, 3.05) is 12.4 Å². The monoisotopic (exact) mass is 390 g/mol. The SMILES string of the molecule is CC(C)C(C)N(C)C(=O)Nc1ccc(I)cc1C(=O)O. The molecular weight excluding hydrogens is 371 g/mol. The molecule has 5 nitrogen and oxygen atoms in total. The Morgan fingerprint density at radius 2 is 1.90 bits per heavy atom. The van der Waals surface area contributed by atoms with Crippen molar-refractivity contribution in [3.63, 3.8) is 0 Å². The molecule has 1 aromatic rings. The molecule has 0 bridgehead atoms. The molecule has 0 aliphatic carbocycles. The Morgan fingerprint density at radius 3 is 2.40 bits per heavy atom. The van der Waals surface area contributed by atoms with Gasteiger partial charge < -0.3 is 15.3 Å². The molecule has 0 saturated heterocycles. The molecular formula is C14H19IN2O3. The van der Waals surface area contributed by atoms with Gasteiger partial charge in [-0.15, -0.1) is 0 Å². The van der Waals surface area contributed by atoms with E-state index < -0.39 is 5.97 Å². The van der Waals surface area contributed by atoms with Crippen molar-refractivity contribution >= 4 is 40.3 Å². The van der Waals surface area contributed by atoms with Gasteiger partial charge in [0.2, 0.25) is 0 Å². The second-order valence-corrected chi connectivity index (χ2v) is 6.27. The van der Waals surface area contributed by atoms with Crippen LogP contribution in [0.4, 0.5) is 10.5 Å². The summed E-state index contributed by atoms with van der Waals surface area (Å²) < 4.78 is 0.807. The van der Waals surface area contributed by atoms with Crippen LogP contribution in [0, 0.1) is 9.49 Å². The van der Waals surface area contributed by atoms with E-state index >= 15 is 0 Å². The van der Waals surface area contributed by atoms with Gasteiger partial charge in [0.15, 0.2) is 0 Å². The number of amides is 2. The summed E-state index contributed by atoms with van der Waals surface area (Å²) in [6, 6.07) is 4.65. The zero-order valence-electron chi connectivity index (χ0n) is 12.0. The normalized spacial score (nSPS) is 12.1. The van der Waals surface area contributed by atoms with Crippen LogP contribution in [-0.4, -0.2) is 35.1 Å². The summed E-state index contributed by atoms with van der Waals surface area (Å²) in [5, 5.41) is 11.8. The Kier molecular flexibility index (Phi) is 5.79. The third-order valence-corrected chi connectivity index (χ3v) is 4.02. The van der Waals surface area contributed by atoms with E-state index in [4.69, 9.17) is 0 Å². The molecule has 110 valence electrons. The number of hydrogen-bond donors (Lipinski definition) is 2. The van der Waals surface area contributed by atoms with E-state index in [0.29, 0.717) is 11.6 Å². The minimum Gasteiger partial charge on any atom is -0.478 e. The molecule has 0 spiro atoms. The van der Waals surface area contributed by atoms with Crippen LogP contribution in [0.25, 0.3) is 0 Å². The molecule has 20 heavy (non-hydrogen) atoms. The third kappa shape index (κ3) is 4.09. The van der Waals surface area contributed by atoms with E-state index in [2.05, 4.69) is 5.32 Å². The lowest BCUT2D eigenvalue weighted by atomic mass is 10.1. The van der Waals surface area contributed by atoms with Gasteiger partial charge in [0.25, 0.3) is 0 Å². The maximum atomic E-state index is 12.1. The van der Waals surface area contributed by atoms with Gasteiger partial charge in [-0.25, -0.2) is 9.59 Å². The zero-order chi connectivity index (χ0) is 15.4. The molecule has 0 heterocycles. The first-order valence-electron chi connectivity index (χ1n) is 6.30. The first-order chi connectivity index (χ1) is 9.23. The number of rotatable bonds is 4. The molecule has 1 rings (SSSR count). The molecule has 1 unspecified atom stereocenters. The number of nitrogens with one attached hydrogen (secondary N) is 1. The van der Waals surface area contributed by atoms with Crippen molar-refractivity contribution in [1.29, 1.82) is 0 Å². The number of anilines is 1. The number of halogens is 1. The van der Waals surface area contributed by atoms with Crippen LogP contribution in [0.2, 0.25) is 0 Å². The van der Waals surface area contributed by atoms with E-state index in [-0.39, 0.29) is 17.6 Å². The summed E-state index contributed by atoms with van der Waals surface area (Å²) in [4.78, 5) is 24.9. The average molecular weight is 390 g/mol. The average Bonchev–Trinajstić information content (AvgIpc) is 2.38. The summed E-state index contributed by atoms with van der Waals surface area (Å²) >= 11 is 2.04. The standard InChI is InChI=1S/C14H19IN2O3/c1-8(2)9(3)17(4)14(20)16-12-6-5-10(15)7-11(12)13(18)19/h5-9H,1-4H3,(H,16,20)(H,18,19). The number of benzene rings is 1. The molecule has 1 aromatic carbocycles. The largest absolute Gasteiger partial charge is 0.478 e. The summed E-state index contributed by atoms with van der Waals surface area (Å²) in [6.07, 6.45) is 0. The highest BCUT2D eigenvalue weighted by molar-refractivity contribution is 14.1. The van der Waals surface area contributed by atoms with Crippen molar-refractivity contribution in [2.45, 2.75) is 26.8 Å². The topological polar surface area (TPSA) is 69.6 Å². The fourth-order valence-corrected chi connectivity index (χ4v) is 2.13. The summed E-state index contributed by atoms with van der Waals surface area (Å²) in [5.74, 6) is -0.736. The molecule has 0 radical (unpaired) electrons. The van der Waals surface area contributed by atoms with Crippen LogP contribution in [0.3, 0.4) is 0 Å². The van der Waals surface area contributed by atoms with Crippen LogP contribution in [0.1, 0.15) is 31.1 Å². The predicted molar refractivity (Wildman–Crippen MR) is 87.2 cm³/mol. The number of carboxylic acids is 1. The van der Waals surface area contributed by atoms with Crippen molar-refractivity contribution in [3.8, 4) is 0 Å². The van der Waals surface area contributed by atoms with Crippen LogP contribution in [-0.2, 0) is 0 Å². The Hall–Kier alpha value is -1.31. The van der Waals surface area contributed by atoms with Crippen LogP contribution in [0.15, 0.2) is 18.2 Å². The molecule has 0 fully saturated rings. The number of hydrogen-bond acceptors (Lipinski definition) is 2. The van der Waals surface area contributed by atoms with Crippen molar-refractivity contribution < 1.29 is 14.7 Å². The summed E-state index contributed by atoms with van der Waals surface area (Å²) in [7, 11) is 1.70. The van der Waals surface area contributed by atoms with Crippen LogP contribution in [0.5, 0.6) is 0 Å². The van der Waals surface area contributed by atoms with Gasteiger partial charge in [-0.05, 0) is 53.6 Å². The van der Waals surface area contributed by atoms with E-state index in [1.54, 1.807) is 24.1 Å². The van der Waals surface area contributed by atoms with Gasteiger partial charge in [-0.3, -0.25) is 0 Å². The fourth-order valence-electron chi connectivity index (χ4n) is 1.64. The molecule has 6 heteroatoms. The minimum atomic E-state index is -1.06. The van der Waals surface area contributed by atoms with E-state index in [9.17, 15) is 14.7 Å². The fraction of sp³-hybridized carbons (Fsp3) is 0.429. The van der Waals surface area contributed by atoms with Crippen molar-refractivity contribution in [2.24, 2.45) is 5.92 Å². The Balaban J connectivity index is 2.94. The molecule has 0 aromatic heterocycles. The Bertz CT molecular complexity index is 517. The van der Waals surface area contributed by atoms with Gasteiger partial charge in [0.1, 0.15) is 0 Å². The molecule has 0 aliphatic heterocycles. The number of carbonyl (C=O) groups excluding carboxylic acids is 1. The first-order valence-corrected chi connectivity index (χ1v) is 7.38. The zero-order valence-corrected chi connectivity index (χ0v) is 14.1. The van der Waals surface area contributed by atoms with Crippen molar-refractivity contribution in [1.82, 2.24) is 4.90 Å². The molecule has 1 atom stereocenters. The van der Waals surface area contributed by atoms with Crippen molar-refractivity contribution in [3.05, 3.63) is 27.3 Å². The smallest absolute Gasteiger partial charge is 0.337 e. The predicted octanol–water partition coefficient (Wildman–Crippen LogP) is 3.50. The van der Waals surface area contributed by atoms with Crippen LogP contribution >= 0.6 is 22.6 Å². The number of aromatic carboxylic acids is 1.